The molecule has 1 heterocycles. The molecule has 0 saturated carbocycles. The number of rotatable bonds is 7. The number of carbonyl (C=O) groups is 2. The van der Waals surface area contributed by atoms with Gasteiger partial charge < -0.3 is 14.8 Å². The Morgan fingerprint density at radius 2 is 1.56 bits per heavy atom. The minimum Gasteiger partial charge on any atom is -0.493 e. The Balaban J connectivity index is 1.69. The fraction of sp³-hybridized carbons (Fsp3) is 0.115. The van der Waals surface area contributed by atoms with Crippen molar-refractivity contribution in [2.45, 2.75) is 11.8 Å². The molecule has 2 N–H and O–H groups in total. The highest BCUT2D eigenvalue weighted by atomic mass is 32.2. The first kappa shape index (κ1) is 24.7. The molecule has 0 saturated heterocycles. The van der Waals surface area contributed by atoms with Crippen LogP contribution in [0.3, 0.4) is 0 Å². The Kier molecular flexibility index (Phi) is 6.89. The Morgan fingerprint density at radius 3 is 2.22 bits per heavy atom. The van der Waals surface area contributed by atoms with Gasteiger partial charge in [-0.15, -0.1) is 0 Å². The van der Waals surface area contributed by atoms with Crippen molar-refractivity contribution in [1.82, 2.24) is 9.71 Å². The summed E-state index contributed by atoms with van der Waals surface area (Å²) in [6.07, 6.45) is 0. The standard InChI is InChI=1S/C26H23N3O6S/c1-16(30)29-36(32,33)19-11-9-18(10-12-19)27-26(31)21-15-23(28-22-7-5-4-6-20(21)22)17-8-13-24(34-2)25(14-17)35-3/h4-15H,1-3H3,(H,27,31)(H,29,30). The number of anilines is 1. The van der Waals surface area contributed by atoms with Crippen molar-refractivity contribution < 1.29 is 27.5 Å². The predicted octanol–water partition coefficient (Wildman–Crippen LogP) is 4.00. The van der Waals surface area contributed by atoms with Crippen LogP contribution in [0, 0.1) is 0 Å². The van der Waals surface area contributed by atoms with E-state index in [2.05, 4.69) is 5.32 Å². The third-order valence-corrected chi connectivity index (χ3v) is 6.79. The molecule has 0 aliphatic heterocycles. The van der Waals surface area contributed by atoms with Gasteiger partial charge in [-0.05, 0) is 54.6 Å². The smallest absolute Gasteiger partial charge is 0.264 e. The van der Waals surface area contributed by atoms with Gasteiger partial charge in [-0.1, -0.05) is 18.2 Å². The van der Waals surface area contributed by atoms with E-state index in [1.165, 1.54) is 24.3 Å². The van der Waals surface area contributed by atoms with Crippen molar-refractivity contribution in [3.8, 4) is 22.8 Å². The van der Waals surface area contributed by atoms with Crippen LogP contribution in [-0.2, 0) is 14.8 Å². The molecule has 36 heavy (non-hydrogen) atoms. The molecule has 4 rings (SSSR count). The molecular formula is C26H23N3O6S. The molecule has 9 nitrogen and oxygen atoms in total. The van der Waals surface area contributed by atoms with Crippen LogP contribution in [-0.4, -0.2) is 39.4 Å². The van der Waals surface area contributed by atoms with Crippen molar-refractivity contribution in [2.75, 3.05) is 19.5 Å². The lowest BCUT2D eigenvalue weighted by molar-refractivity contribution is -0.117. The molecule has 2 amide bonds. The van der Waals surface area contributed by atoms with Gasteiger partial charge in [-0.25, -0.2) is 18.1 Å². The molecule has 10 heteroatoms. The maximum atomic E-state index is 13.3. The average Bonchev–Trinajstić information content (AvgIpc) is 2.87. The molecule has 4 aromatic rings. The second-order valence-electron chi connectivity index (χ2n) is 7.78. The van der Waals surface area contributed by atoms with Gasteiger partial charge in [0.25, 0.3) is 15.9 Å². The van der Waals surface area contributed by atoms with Crippen molar-refractivity contribution in [3.63, 3.8) is 0 Å². The summed E-state index contributed by atoms with van der Waals surface area (Å²) < 4.78 is 36.9. The number of aromatic nitrogens is 1. The van der Waals surface area contributed by atoms with E-state index in [1.807, 2.05) is 29.0 Å². The van der Waals surface area contributed by atoms with Gasteiger partial charge in [-0.3, -0.25) is 9.59 Å². The first-order valence-electron chi connectivity index (χ1n) is 10.8. The fourth-order valence-electron chi connectivity index (χ4n) is 3.67. The highest BCUT2D eigenvalue weighted by Gasteiger charge is 2.18. The van der Waals surface area contributed by atoms with Crippen LogP contribution < -0.4 is 19.5 Å². The zero-order chi connectivity index (χ0) is 25.9. The van der Waals surface area contributed by atoms with Gasteiger partial charge >= 0.3 is 0 Å². The summed E-state index contributed by atoms with van der Waals surface area (Å²) >= 11 is 0. The minimum atomic E-state index is -3.97. The number of pyridine rings is 1. The lowest BCUT2D eigenvalue weighted by atomic mass is 10.0. The molecule has 1 aromatic heterocycles. The van der Waals surface area contributed by atoms with E-state index in [1.54, 1.807) is 38.5 Å². The van der Waals surface area contributed by atoms with Crippen LogP contribution in [0.1, 0.15) is 17.3 Å². The third kappa shape index (κ3) is 5.13. The minimum absolute atomic E-state index is 0.0965. The number of nitrogens with zero attached hydrogens (tertiary/aromatic N) is 1. The number of benzene rings is 3. The maximum Gasteiger partial charge on any atom is 0.264 e. The molecule has 0 aliphatic rings. The zero-order valence-corrected chi connectivity index (χ0v) is 20.5. The second-order valence-corrected chi connectivity index (χ2v) is 9.46. The van der Waals surface area contributed by atoms with E-state index in [0.717, 1.165) is 12.5 Å². The fourth-order valence-corrected chi connectivity index (χ4v) is 4.66. The summed E-state index contributed by atoms with van der Waals surface area (Å²) in [5.41, 5.74) is 2.71. The Hall–Kier alpha value is -4.44. The lowest BCUT2D eigenvalue weighted by Gasteiger charge is -2.13. The Morgan fingerprint density at radius 1 is 0.861 bits per heavy atom. The topological polar surface area (TPSA) is 124 Å². The highest BCUT2D eigenvalue weighted by Crippen LogP contribution is 2.33. The average molecular weight is 506 g/mol. The molecule has 0 aliphatic carbocycles. The number of carbonyl (C=O) groups excluding carboxylic acids is 2. The molecular weight excluding hydrogens is 482 g/mol. The van der Waals surface area contributed by atoms with Gasteiger partial charge in [0, 0.05) is 23.6 Å². The van der Waals surface area contributed by atoms with E-state index < -0.39 is 21.8 Å². The first-order valence-corrected chi connectivity index (χ1v) is 12.3. The summed E-state index contributed by atoms with van der Waals surface area (Å²) in [5.74, 6) is 0.0178. The monoisotopic (exact) mass is 505 g/mol. The molecule has 184 valence electrons. The van der Waals surface area contributed by atoms with E-state index in [0.29, 0.717) is 39.3 Å². The highest BCUT2D eigenvalue weighted by molar-refractivity contribution is 7.90. The molecule has 3 aromatic carbocycles. The van der Waals surface area contributed by atoms with E-state index in [4.69, 9.17) is 14.5 Å². The summed E-state index contributed by atoms with van der Waals surface area (Å²) in [7, 11) is -0.878. The lowest BCUT2D eigenvalue weighted by Crippen LogP contribution is -2.28. The van der Waals surface area contributed by atoms with Crippen molar-refractivity contribution in [3.05, 3.63) is 78.4 Å². The molecule has 0 unspecified atom stereocenters. The van der Waals surface area contributed by atoms with Gasteiger partial charge in [0.15, 0.2) is 11.5 Å². The van der Waals surface area contributed by atoms with Crippen LogP contribution in [0.25, 0.3) is 22.2 Å². The Labute approximate surface area is 208 Å². The summed E-state index contributed by atoms with van der Waals surface area (Å²) in [4.78, 5) is 29.1. The number of hydrogen-bond donors (Lipinski definition) is 2. The first-order chi connectivity index (χ1) is 17.2. The summed E-state index contributed by atoms with van der Waals surface area (Å²) in [6, 6.07) is 19.9. The van der Waals surface area contributed by atoms with E-state index >= 15 is 0 Å². The summed E-state index contributed by atoms with van der Waals surface area (Å²) in [5, 5.41) is 3.45. The number of nitrogens with one attached hydrogen (secondary N) is 2. The van der Waals surface area contributed by atoms with E-state index in [9.17, 15) is 18.0 Å². The normalized spacial score (nSPS) is 11.1. The molecule has 0 fully saturated rings. The number of amides is 2. The zero-order valence-electron chi connectivity index (χ0n) is 19.7. The number of ether oxygens (including phenoxy) is 2. The van der Waals surface area contributed by atoms with Crippen LogP contribution in [0.5, 0.6) is 11.5 Å². The van der Waals surface area contributed by atoms with Gasteiger partial charge in [0.1, 0.15) is 0 Å². The van der Waals surface area contributed by atoms with E-state index in [-0.39, 0.29) is 4.90 Å². The third-order valence-electron chi connectivity index (χ3n) is 5.34. The van der Waals surface area contributed by atoms with Crippen LogP contribution in [0.2, 0.25) is 0 Å². The van der Waals surface area contributed by atoms with Crippen molar-refractivity contribution in [2.24, 2.45) is 0 Å². The largest absolute Gasteiger partial charge is 0.493 e. The van der Waals surface area contributed by atoms with Crippen LogP contribution in [0.15, 0.2) is 77.7 Å². The molecule has 0 spiro atoms. The van der Waals surface area contributed by atoms with Gasteiger partial charge in [-0.2, -0.15) is 0 Å². The number of hydrogen-bond acceptors (Lipinski definition) is 7. The van der Waals surface area contributed by atoms with Gasteiger partial charge in [0.05, 0.1) is 35.9 Å². The number of sulfonamides is 1. The predicted molar refractivity (Wildman–Crippen MR) is 136 cm³/mol. The second kappa shape index (κ2) is 10.0. The number of methoxy groups -OCH3 is 2. The molecule has 0 atom stereocenters. The van der Waals surface area contributed by atoms with Crippen LogP contribution in [0.4, 0.5) is 5.69 Å². The van der Waals surface area contributed by atoms with Crippen molar-refractivity contribution >= 4 is 38.4 Å². The quantitative estimate of drug-likeness (QED) is 0.389. The number of fused-ring (bicyclic) bond motifs is 1. The summed E-state index contributed by atoms with van der Waals surface area (Å²) in [6.45, 7) is 1.11. The van der Waals surface area contributed by atoms with Crippen molar-refractivity contribution in [1.29, 1.82) is 0 Å². The Bertz CT molecular complexity index is 1570. The molecule has 0 bridgehead atoms. The molecule has 0 radical (unpaired) electrons. The number of para-hydroxylation sites is 1. The SMILES string of the molecule is COc1ccc(-c2cc(C(=O)Nc3ccc(S(=O)(=O)NC(C)=O)cc3)c3ccccc3n2)cc1OC. The maximum absolute atomic E-state index is 13.3. The van der Waals surface area contributed by atoms with Gasteiger partial charge in [0.2, 0.25) is 5.91 Å². The van der Waals surface area contributed by atoms with Crippen LogP contribution >= 0.6 is 0 Å².